The van der Waals surface area contributed by atoms with Gasteiger partial charge in [-0.2, -0.15) is 0 Å². The molecule has 1 spiro atoms. The second kappa shape index (κ2) is 6.34. The summed E-state index contributed by atoms with van der Waals surface area (Å²) in [7, 11) is 0. The van der Waals surface area contributed by atoms with Gasteiger partial charge < -0.3 is 15.0 Å². The molecule has 0 radical (unpaired) electrons. The van der Waals surface area contributed by atoms with Crippen LogP contribution in [0.25, 0.3) is 0 Å². The maximum absolute atomic E-state index is 13.3. The molecule has 2 aromatic carbocycles. The number of rotatable bonds is 2. The van der Waals surface area contributed by atoms with Crippen LogP contribution in [-0.2, 0) is 21.5 Å². The number of hydrogen-bond acceptors (Lipinski definition) is 4. The third kappa shape index (κ3) is 2.53. The number of hydrogen-bond donors (Lipinski definition) is 1. The van der Waals surface area contributed by atoms with Crippen molar-refractivity contribution < 1.29 is 19.1 Å². The highest BCUT2D eigenvalue weighted by Gasteiger charge is 2.55. The third-order valence-corrected chi connectivity index (χ3v) is 6.03. The Hall–Kier alpha value is -3.35. The van der Waals surface area contributed by atoms with Crippen molar-refractivity contribution in [3.05, 3.63) is 59.7 Å². The normalized spacial score (nSPS) is 24.9. The average Bonchev–Trinajstić information content (AvgIpc) is 3.17. The fourth-order valence-electron chi connectivity index (χ4n) is 4.67. The van der Waals surface area contributed by atoms with Gasteiger partial charge in [0.05, 0.1) is 6.61 Å². The molecular weight excluding hydrogens is 370 g/mol. The van der Waals surface area contributed by atoms with Gasteiger partial charge in [-0.05, 0) is 31.0 Å². The summed E-state index contributed by atoms with van der Waals surface area (Å²) >= 11 is 0. The lowest BCUT2D eigenvalue weighted by atomic mass is 9.84. The van der Waals surface area contributed by atoms with Crippen molar-refractivity contribution in [1.29, 1.82) is 0 Å². The number of imide groups is 1. The van der Waals surface area contributed by atoms with Gasteiger partial charge >= 0.3 is 6.03 Å². The summed E-state index contributed by atoms with van der Waals surface area (Å²) in [5, 5.41) is 2.84. The topological polar surface area (TPSA) is 79.0 Å². The molecule has 0 unspecified atom stereocenters. The summed E-state index contributed by atoms with van der Waals surface area (Å²) in [5.74, 6) is -0.0715. The first-order valence-corrected chi connectivity index (χ1v) is 9.77. The molecule has 1 saturated heterocycles. The predicted octanol–water partition coefficient (Wildman–Crippen LogP) is 2.19. The van der Waals surface area contributed by atoms with Gasteiger partial charge in [0.2, 0.25) is 5.91 Å². The van der Waals surface area contributed by atoms with Gasteiger partial charge in [0.15, 0.2) is 5.54 Å². The van der Waals surface area contributed by atoms with Crippen LogP contribution in [0.2, 0.25) is 0 Å². The van der Waals surface area contributed by atoms with E-state index < -0.39 is 17.5 Å². The molecule has 0 bridgehead atoms. The maximum atomic E-state index is 13.3. The number of para-hydroxylation sites is 2. The van der Waals surface area contributed by atoms with Crippen LogP contribution in [-0.4, -0.2) is 41.9 Å². The van der Waals surface area contributed by atoms with Crippen molar-refractivity contribution in [3.8, 4) is 5.75 Å². The summed E-state index contributed by atoms with van der Waals surface area (Å²) in [4.78, 5) is 41.9. The number of carbonyl (C=O) groups is 3. The minimum Gasteiger partial charge on any atom is -0.493 e. The molecule has 29 heavy (non-hydrogen) atoms. The van der Waals surface area contributed by atoms with Crippen LogP contribution in [0.3, 0.4) is 0 Å². The van der Waals surface area contributed by atoms with Gasteiger partial charge in [0.25, 0.3) is 5.91 Å². The first kappa shape index (κ1) is 17.7. The molecule has 2 aromatic rings. The zero-order chi connectivity index (χ0) is 20.2. The summed E-state index contributed by atoms with van der Waals surface area (Å²) < 4.78 is 5.65. The van der Waals surface area contributed by atoms with E-state index in [0.717, 1.165) is 22.6 Å². The highest BCUT2D eigenvalue weighted by Crippen LogP contribution is 2.41. The minimum atomic E-state index is -1.17. The molecule has 2 atom stereocenters. The Balaban J connectivity index is 1.43. The molecule has 0 saturated carbocycles. The Bertz CT molecular complexity index is 1040. The Labute approximate surface area is 168 Å². The molecule has 5 rings (SSSR count). The lowest BCUT2D eigenvalue weighted by molar-refractivity contribution is -0.135. The summed E-state index contributed by atoms with van der Waals surface area (Å²) in [6, 6.07) is 14.4. The lowest BCUT2D eigenvalue weighted by Crippen LogP contribution is -2.48. The molecule has 7 heteroatoms. The van der Waals surface area contributed by atoms with E-state index in [9.17, 15) is 14.4 Å². The quantitative estimate of drug-likeness (QED) is 0.796. The van der Waals surface area contributed by atoms with E-state index in [1.165, 1.54) is 0 Å². The number of benzene rings is 2. The van der Waals surface area contributed by atoms with E-state index in [1.54, 1.807) is 17.0 Å². The van der Waals surface area contributed by atoms with E-state index in [4.69, 9.17) is 4.74 Å². The molecular formula is C22H21N3O4. The third-order valence-electron chi connectivity index (χ3n) is 6.03. The number of ether oxygens (including phenoxy) is 1. The molecule has 0 aliphatic carbocycles. The van der Waals surface area contributed by atoms with Crippen molar-refractivity contribution in [2.75, 3.05) is 18.1 Å². The van der Waals surface area contributed by atoms with Gasteiger partial charge in [0.1, 0.15) is 12.3 Å². The lowest BCUT2D eigenvalue weighted by Gasteiger charge is -2.33. The Morgan fingerprint density at radius 3 is 2.79 bits per heavy atom. The molecule has 0 aromatic heterocycles. The van der Waals surface area contributed by atoms with Crippen molar-refractivity contribution in [2.24, 2.45) is 0 Å². The zero-order valence-electron chi connectivity index (χ0n) is 16.1. The van der Waals surface area contributed by atoms with Crippen LogP contribution in [0.15, 0.2) is 48.5 Å². The standard InChI is InChI=1S/C22H21N3O4/c1-14-12-15-6-2-4-8-17(15)25(14)19(26)13-24-20(27)22(23-21(24)28)10-11-29-18-9-5-3-7-16(18)22/h2-9,14H,10-13H2,1H3,(H,23,28)/t14-,22-/m0/s1. The fourth-order valence-corrected chi connectivity index (χ4v) is 4.67. The Kier molecular flexibility index (Phi) is 3.87. The molecule has 7 nitrogen and oxygen atoms in total. The molecule has 148 valence electrons. The summed E-state index contributed by atoms with van der Waals surface area (Å²) in [5.41, 5.74) is 1.42. The van der Waals surface area contributed by atoms with Gasteiger partial charge in [0, 0.05) is 23.7 Å². The maximum Gasteiger partial charge on any atom is 0.325 e. The number of anilines is 1. The van der Waals surface area contributed by atoms with E-state index >= 15 is 0 Å². The molecule has 3 aliphatic heterocycles. The number of amides is 4. The van der Waals surface area contributed by atoms with Gasteiger partial charge in [-0.25, -0.2) is 4.79 Å². The van der Waals surface area contributed by atoms with E-state index in [0.29, 0.717) is 24.3 Å². The molecule has 3 aliphatic rings. The zero-order valence-corrected chi connectivity index (χ0v) is 16.1. The first-order valence-electron chi connectivity index (χ1n) is 9.77. The van der Waals surface area contributed by atoms with Crippen LogP contribution >= 0.6 is 0 Å². The number of urea groups is 1. The Morgan fingerprint density at radius 2 is 1.93 bits per heavy atom. The second-order valence-corrected chi connectivity index (χ2v) is 7.77. The van der Waals surface area contributed by atoms with Crippen molar-refractivity contribution in [3.63, 3.8) is 0 Å². The monoisotopic (exact) mass is 391 g/mol. The van der Waals surface area contributed by atoms with Crippen molar-refractivity contribution in [2.45, 2.75) is 31.3 Å². The van der Waals surface area contributed by atoms with E-state index in [2.05, 4.69) is 5.32 Å². The number of fused-ring (bicyclic) bond motifs is 3. The first-order chi connectivity index (χ1) is 14.0. The smallest absolute Gasteiger partial charge is 0.325 e. The summed E-state index contributed by atoms with van der Waals surface area (Å²) in [6.45, 7) is 2.01. The highest BCUT2D eigenvalue weighted by atomic mass is 16.5. The summed E-state index contributed by atoms with van der Waals surface area (Å²) in [6.07, 6.45) is 1.10. The number of nitrogens with zero attached hydrogens (tertiary/aromatic N) is 2. The number of carbonyl (C=O) groups excluding carboxylic acids is 3. The van der Waals surface area contributed by atoms with Gasteiger partial charge in [-0.3, -0.25) is 14.5 Å². The van der Waals surface area contributed by atoms with Crippen LogP contribution in [0.1, 0.15) is 24.5 Å². The highest BCUT2D eigenvalue weighted by molar-refractivity contribution is 6.11. The molecule has 1 fully saturated rings. The molecule has 1 N–H and O–H groups in total. The SMILES string of the molecule is C[C@H]1Cc2ccccc2N1C(=O)CN1C(=O)N[C@]2(CCOc3ccccc32)C1=O. The van der Waals surface area contributed by atoms with Gasteiger partial charge in [-0.1, -0.05) is 36.4 Å². The van der Waals surface area contributed by atoms with E-state index in [1.807, 2.05) is 43.3 Å². The fraction of sp³-hybridized carbons (Fsp3) is 0.318. The largest absolute Gasteiger partial charge is 0.493 e. The van der Waals surface area contributed by atoms with Gasteiger partial charge in [-0.15, -0.1) is 0 Å². The van der Waals surface area contributed by atoms with E-state index in [-0.39, 0.29) is 18.5 Å². The van der Waals surface area contributed by atoms with Crippen molar-refractivity contribution >= 4 is 23.5 Å². The van der Waals surface area contributed by atoms with Crippen LogP contribution in [0.5, 0.6) is 5.75 Å². The van der Waals surface area contributed by atoms with Crippen molar-refractivity contribution in [1.82, 2.24) is 10.2 Å². The Morgan fingerprint density at radius 1 is 1.17 bits per heavy atom. The molecule has 4 amide bonds. The average molecular weight is 391 g/mol. The van der Waals surface area contributed by atoms with Crippen LogP contribution in [0, 0.1) is 0 Å². The number of nitrogens with one attached hydrogen (secondary N) is 1. The molecule has 3 heterocycles. The predicted molar refractivity (Wildman–Crippen MR) is 106 cm³/mol. The van der Waals surface area contributed by atoms with Crippen LogP contribution < -0.4 is 15.0 Å². The second-order valence-electron chi connectivity index (χ2n) is 7.77. The van der Waals surface area contributed by atoms with Crippen LogP contribution in [0.4, 0.5) is 10.5 Å². The minimum absolute atomic E-state index is 0.0153.